The fourth-order valence-electron chi connectivity index (χ4n) is 3.40. The number of nitriles is 1. The van der Waals surface area contributed by atoms with Crippen LogP contribution in [0.5, 0.6) is 5.75 Å². The average Bonchev–Trinajstić information content (AvgIpc) is 2.83. The summed E-state index contributed by atoms with van der Waals surface area (Å²) in [5.41, 5.74) is 0.0851. The Kier molecular flexibility index (Phi) is 6.62. The number of pyridine rings is 1. The molecule has 176 valence electrons. The van der Waals surface area contributed by atoms with Gasteiger partial charge < -0.3 is 10.1 Å². The molecule has 0 aliphatic carbocycles. The van der Waals surface area contributed by atoms with Gasteiger partial charge in [-0.15, -0.1) is 0 Å². The van der Waals surface area contributed by atoms with Gasteiger partial charge >= 0.3 is 11.4 Å². The van der Waals surface area contributed by atoms with Crippen LogP contribution in [0.3, 0.4) is 0 Å². The number of halogens is 2. The number of rotatable bonds is 6. The molecule has 0 radical (unpaired) electrons. The summed E-state index contributed by atoms with van der Waals surface area (Å²) in [5, 5.41) is 12.4. The van der Waals surface area contributed by atoms with Crippen LogP contribution in [0.1, 0.15) is 16.7 Å². The van der Waals surface area contributed by atoms with Gasteiger partial charge in [-0.2, -0.15) is 10.2 Å². The molecule has 0 bridgehead atoms. The molecule has 1 N–H and O–H groups in total. The van der Waals surface area contributed by atoms with Crippen molar-refractivity contribution in [1.82, 2.24) is 19.1 Å². The molecular formula is C24H18ClFN6O3. The van der Waals surface area contributed by atoms with Crippen molar-refractivity contribution in [1.29, 1.82) is 5.26 Å². The van der Waals surface area contributed by atoms with Crippen molar-refractivity contribution in [3.63, 3.8) is 0 Å². The van der Waals surface area contributed by atoms with Crippen LogP contribution in [0.25, 0.3) is 5.69 Å². The largest absolute Gasteiger partial charge is 0.497 e. The molecule has 2 aromatic heterocycles. The maximum Gasteiger partial charge on any atom is 0.359 e. The van der Waals surface area contributed by atoms with Crippen LogP contribution >= 0.6 is 11.6 Å². The predicted octanol–water partition coefficient (Wildman–Crippen LogP) is 3.56. The second-order valence-corrected chi connectivity index (χ2v) is 7.95. The summed E-state index contributed by atoms with van der Waals surface area (Å²) in [6.07, 6.45) is 2.96. The summed E-state index contributed by atoms with van der Waals surface area (Å²) >= 11 is 6.32. The Balaban J connectivity index is 1.89. The molecule has 0 fully saturated rings. The van der Waals surface area contributed by atoms with E-state index >= 15 is 0 Å². The van der Waals surface area contributed by atoms with Gasteiger partial charge in [0.2, 0.25) is 5.95 Å². The lowest BCUT2D eigenvalue weighted by molar-refractivity contribution is 0.415. The third-order valence-corrected chi connectivity index (χ3v) is 5.42. The summed E-state index contributed by atoms with van der Waals surface area (Å²) in [4.78, 5) is 34.6. The number of methoxy groups -OCH3 is 1. The molecule has 4 rings (SSSR count). The molecule has 0 amide bonds. The number of hydrogen-bond acceptors (Lipinski definition) is 7. The van der Waals surface area contributed by atoms with Gasteiger partial charge in [0.05, 0.1) is 41.8 Å². The maximum atomic E-state index is 13.8. The topological polar surface area (TPSA) is 115 Å². The van der Waals surface area contributed by atoms with Crippen LogP contribution in [0.4, 0.5) is 16.0 Å². The third-order valence-electron chi connectivity index (χ3n) is 5.10. The van der Waals surface area contributed by atoms with E-state index in [4.69, 9.17) is 16.3 Å². The van der Waals surface area contributed by atoms with Gasteiger partial charge in [-0.1, -0.05) is 17.7 Å². The molecule has 0 unspecified atom stereocenters. The number of ether oxygens (including phenoxy) is 1. The van der Waals surface area contributed by atoms with Gasteiger partial charge in [0.25, 0.3) is 0 Å². The molecule has 0 aliphatic rings. The molecule has 2 aromatic carbocycles. The Morgan fingerprint density at radius 2 is 1.97 bits per heavy atom. The quantitative estimate of drug-likeness (QED) is 0.437. The molecule has 11 heteroatoms. The zero-order valence-electron chi connectivity index (χ0n) is 18.6. The number of nitrogens with zero attached hydrogens (tertiary/aromatic N) is 5. The molecule has 0 atom stereocenters. The zero-order valence-corrected chi connectivity index (χ0v) is 19.4. The van der Waals surface area contributed by atoms with Gasteiger partial charge in [-0.25, -0.2) is 18.5 Å². The molecule has 0 saturated heterocycles. The number of benzene rings is 2. The first-order chi connectivity index (χ1) is 16.8. The summed E-state index contributed by atoms with van der Waals surface area (Å²) in [6, 6.07) is 12.1. The standard InChI is InChI=1S/C24H18ClFN6O3/c1-14-7-17(12-28-11-14)32-23(33)30-22(29-21-6-4-18(35-2)9-19(21)25)31(24(32)34)13-15-3-5-20(26)16(8-15)10-27/h3-9,11-12H,13H2,1-2H3,(H,29,30,33). The first-order valence-corrected chi connectivity index (χ1v) is 10.6. The Morgan fingerprint density at radius 3 is 2.66 bits per heavy atom. The Morgan fingerprint density at radius 1 is 1.17 bits per heavy atom. The van der Waals surface area contributed by atoms with E-state index in [9.17, 15) is 19.2 Å². The van der Waals surface area contributed by atoms with Crippen molar-refractivity contribution in [2.75, 3.05) is 12.4 Å². The lowest BCUT2D eigenvalue weighted by atomic mass is 10.1. The van der Waals surface area contributed by atoms with Crippen molar-refractivity contribution in [2.45, 2.75) is 13.5 Å². The van der Waals surface area contributed by atoms with Gasteiger partial charge in [-0.3, -0.25) is 9.55 Å². The second-order valence-electron chi connectivity index (χ2n) is 7.54. The molecule has 0 aliphatic heterocycles. The fourth-order valence-corrected chi connectivity index (χ4v) is 3.62. The molecule has 4 aromatic rings. The first kappa shape index (κ1) is 23.7. The zero-order chi connectivity index (χ0) is 25.1. The maximum absolute atomic E-state index is 13.8. The highest BCUT2D eigenvalue weighted by atomic mass is 35.5. The molecule has 2 heterocycles. The van der Waals surface area contributed by atoms with Crippen LogP contribution in [0, 0.1) is 24.1 Å². The molecule has 0 saturated carbocycles. The predicted molar refractivity (Wildman–Crippen MR) is 128 cm³/mol. The first-order valence-electron chi connectivity index (χ1n) is 10.3. The van der Waals surface area contributed by atoms with Crippen LogP contribution in [-0.2, 0) is 6.54 Å². The van der Waals surface area contributed by atoms with Gasteiger partial charge in [0.15, 0.2) is 0 Å². The number of aryl methyl sites for hydroxylation is 1. The monoisotopic (exact) mass is 492 g/mol. The van der Waals surface area contributed by atoms with Gasteiger partial charge in [0, 0.05) is 12.3 Å². The van der Waals surface area contributed by atoms with Crippen molar-refractivity contribution in [3.8, 4) is 17.5 Å². The van der Waals surface area contributed by atoms with Crippen LogP contribution in [-0.4, -0.2) is 26.2 Å². The smallest absolute Gasteiger partial charge is 0.359 e. The SMILES string of the molecule is COc1ccc(Nc2nc(=O)n(-c3cncc(C)c3)c(=O)n2Cc2ccc(F)c(C#N)c2)c(Cl)c1. The lowest BCUT2D eigenvalue weighted by Gasteiger charge is -2.17. The lowest BCUT2D eigenvalue weighted by Crippen LogP contribution is -2.41. The second kappa shape index (κ2) is 9.79. The van der Waals surface area contributed by atoms with E-state index in [1.54, 1.807) is 43.5 Å². The van der Waals surface area contributed by atoms with Crippen molar-refractivity contribution < 1.29 is 9.13 Å². The van der Waals surface area contributed by atoms with Crippen LogP contribution in [0.15, 0.2) is 64.4 Å². The highest BCUT2D eigenvalue weighted by Crippen LogP contribution is 2.28. The number of aromatic nitrogens is 4. The van der Waals surface area contributed by atoms with Crippen LogP contribution in [0.2, 0.25) is 5.02 Å². The average molecular weight is 493 g/mol. The highest BCUT2D eigenvalue weighted by Gasteiger charge is 2.17. The summed E-state index contributed by atoms with van der Waals surface area (Å²) < 4.78 is 21.1. The van der Waals surface area contributed by atoms with Crippen molar-refractivity contribution in [3.05, 3.63) is 103 Å². The van der Waals surface area contributed by atoms with E-state index in [1.165, 1.54) is 30.0 Å². The van der Waals surface area contributed by atoms with Crippen LogP contribution < -0.4 is 21.4 Å². The van der Waals surface area contributed by atoms with E-state index in [0.29, 0.717) is 17.0 Å². The number of hydrogen-bond donors (Lipinski definition) is 1. The molecule has 0 spiro atoms. The Labute approximate surface area is 203 Å². The minimum Gasteiger partial charge on any atom is -0.497 e. The number of nitrogens with one attached hydrogen (secondary N) is 1. The van der Waals surface area contributed by atoms with E-state index in [1.807, 2.05) is 0 Å². The van der Waals surface area contributed by atoms with E-state index in [-0.39, 0.29) is 28.8 Å². The summed E-state index contributed by atoms with van der Waals surface area (Å²) in [5.74, 6) is -0.253. The fraction of sp³-hybridized carbons (Fsp3) is 0.125. The van der Waals surface area contributed by atoms with Gasteiger partial charge in [-0.05, 0) is 48.4 Å². The van der Waals surface area contributed by atoms with E-state index in [0.717, 1.165) is 16.2 Å². The van der Waals surface area contributed by atoms with Crippen molar-refractivity contribution >= 4 is 23.2 Å². The van der Waals surface area contributed by atoms with Crippen molar-refractivity contribution in [2.24, 2.45) is 0 Å². The minimum atomic E-state index is -0.831. The Hall–Kier alpha value is -4.49. The third kappa shape index (κ3) is 4.90. The van der Waals surface area contributed by atoms with E-state index in [2.05, 4.69) is 15.3 Å². The minimum absolute atomic E-state index is 0.0910. The van der Waals surface area contributed by atoms with E-state index < -0.39 is 17.2 Å². The van der Waals surface area contributed by atoms with Gasteiger partial charge in [0.1, 0.15) is 17.6 Å². The molecule has 9 nitrogen and oxygen atoms in total. The molecular weight excluding hydrogens is 475 g/mol. The summed E-state index contributed by atoms with van der Waals surface area (Å²) in [6.45, 7) is 1.66. The normalized spacial score (nSPS) is 10.6. The number of anilines is 2. The molecule has 35 heavy (non-hydrogen) atoms. The Bertz CT molecular complexity index is 1590. The summed E-state index contributed by atoms with van der Waals surface area (Å²) in [7, 11) is 1.50. The highest BCUT2D eigenvalue weighted by molar-refractivity contribution is 6.33.